The van der Waals surface area contributed by atoms with Gasteiger partial charge in [-0.2, -0.15) is 5.10 Å². The number of halogens is 1. The number of hydrogen-bond acceptors (Lipinski definition) is 4. The van der Waals surface area contributed by atoms with Crippen LogP contribution in [0.4, 0.5) is 0 Å². The lowest BCUT2D eigenvalue weighted by Gasteiger charge is -2.11. The fourth-order valence-electron chi connectivity index (χ4n) is 2.08. The van der Waals surface area contributed by atoms with E-state index >= 15 is 0 Å². The molecule has 1 aliphatic heterocycles. The summed E-state index contributed by atoms with van der Waals surface area (Å²) in [6.07, 6.45) is 3.38. The predicted octanol–water partition coefficient (Wildman–Crippen LogP) is 2.36. The second-order valence-electron chi connectivity index (χ2n) is 4.37. The molecule has 2 heterocycles. The molecule has 102 valence electrons. The molecule has 1 aliphatic rings. The van der Waals surface area contributed by atoms with Gasteiger partial charge in [0.1, 0.15) is 16.6 Å². The molecule has 1 aromatic heterocycles. The minimum atomic E-state index is -0.116. The van der Waals surface area contributed by atoms with Gasteiger partial charge in [0, 0.05) is 23.6 Å². The van der Waals surface area contributed by atoms with E-state index in [4.69, 9.17) is 16.3 Å². The number of aromatic amines is 1. The van der Waals surface area contributed by atoms with Crippen LogP contribution in [0.3, 0.4) is 0 Å². The Balaban J connectivity index is 2.00. The SMILES string of the molecule is COc1ccc2c(C(=O)C3=CC=C(Cl)NC3)n[nH]c2c1. The number of rotatable bonds is 3. The zero-order chi connectivity index (χ0) is 14.1. The molecule has 1 aromatic carbocycles. The van der Waals surface area contributed by atoms with Gasteiger partial charge in [-0.05, 0) is 18.2 Å². The molecular weight excluding hydrogens is 278 g/mol. The van der Waals surface area contributed by atoms with E-state index in [-0.39, 0.29) is 5.78 Å². The van der Waals surface area contributed by atoms with E-state index in [0.717, 1.165) is 10.9 Å². The molecule has 0 aliphatic carbocycles. The molecule has 20 heavy (non-hydrogen) atoms. The van der Waals surface area contributed by atoms with Gasteiger partial charge in [-0.15, -0.1) is 0 Å². The van der Waals surface area contributed by atoms with E-state index in [2.05, 4.69) is 15.5 Å². The number of carbonyl (C=O) groups excluding carboxylic acids is 1. The van der Waals surface area contributed by atoms with Crippen molar-refractivity contribution in [1.82, 2.24) is 15.5 Å². The number of benzene rings is 1. The van der Waals surface area contributed by atoms with Gasteiger partial charge >= 0.3 is 0 Å². The summed E-state index contributed by atoms with van der Waals surface area (Å²) in [5.74, 6) is 0.600. The predicted molar refractivity (Wildman–Crippen MR) is 77.0 cm³/mol. The fourth-order valence-corrected chi connectivity index (χ4v) is 2.21. The molecule has 6 heteroatoms. The van der Waals surface area contributed by atoms with Crippen LogP contribution in [-0.4, -0.2) is 29.6 Å². The van der Waals surface area contributed by atoms with Crippen LogP contribution < -0.4 is 10.1 Å². The third kappa shape index (κ3) is 2.16. The van der Waals surface area contributed by atoms with Crippen molar-refractivity contribution in [2.75, 3.05) is 13.7 Å². The molecular formula is C14H12ClN3O2. The van der Waals surface area contributed by atoms with Crippen LogP contribution in [0.5, 0.6) is 5.75 Å². The van der Waals surface area contributed by atoms with Crippen molar-refractivity contribution < 1.29 is 9.53 Å². The summed E-state index contributed by atoms with van der Waals surface area (Å²) in [7, 11) is 1.60. The Morgan fingerprint density at radius 2 is 2.25 bits per heavy atom. The van der Waals surface area contributed by atoms with E-state index in [0.29, 0.717) is 28.7 Å². The molecule has 0 amide bonds. The highest BCUT2D eigenvalue weighted by Crippen LogP contribution is 2.23. The van der Waals surface area contributed by atoms with E-state index in [1.165, 1.54) is 0 Å². The van der Waals surface area contributed by atoms with E-state index < -0.39 is 0 Å². The van der Waals surface area contributed by atoms with Crippen LogP contribution >= 0.6 is 11.6 Å². The number of fused-ring (bicyclic) bond motifs is 1. The average Bonchev–Trinajstić information content (AvgIpc) is 2.90. The summed E-state index contributed by atoms with van der Waals surface area (Å²) in [4.78, 5) is 12.4. The first-order valence-corrected chi connectivity index (χ1v) is 6.44. The first kappa shape index (κ1) is 12.7. The number of hydrogen-bond donors (Lipinski definition) is 2. The highest BCUT2D eigenvalue weighted by atomic mass is 35.5. The van der Waals surface area contributed by atoms with Gasteiger partial charge in [0.2, 0.25) is 5.78 Å². The van der Waals surface area contributed by atoms with Gasteiger partial charge in [-0.3, -0.25) is 9.89 Å². The van der Waals surface area contributed by atoms with Crippen LogP contribution in [0, 0.1) is 0 Å². The third-order valence-corrected chi connectivity index (χ3v) is 3.41. The summed E-state index contributed by atoms with van der Waals surface area (Å²) in [5, 5.41) is 11.2. The van der Waals surface area contributed by atoms with Crippen molar-refractivity contribution in [3.05, 3.63) is 46.8 Å². The molecule has 3 rings (SSSR count). The topological polar surface area (TPSA) is 67.0 Å². The number of carbonyl (C=O) groups is 1. The Bertz CT molecular complexity index is 746. The van der Waals surface area contributed by atoms with Gasteiger partial charge in [0.05, 0.1) is 12.6 Å². The maximum absolute atomic E-state index is 12.4. The molecule has 0 spiro atoms. The van der Waals surface area contributed by atoms with E-state index in [1.54, 1.807) is 25.3 Å². The number of dihydropyridines is 1. The third-order valence-electron chi connectivity index (χ3n) is 3.16. The number of Topliss-reactive ketones (excluding diaryl/α,β-unsaturated/α-hetero) is 1. The minimum Gasteiger partial charge on any atom is -0.497 e. The normalized spacial score (nSPS) is 14.5. The molecule has 2 aromatic rings. The number of ketones is 1. The monoisotopic (exact) mass is 289 g/mol. The maximum Gasteiger partial charge on any atom is 0.211 e. The molecule has 0 unspecified atom stereocenters. The number of allylic oxidation sites excluding steroid dienone is 2. The van der Waals surface area contributed by atoms with E-state index in [1.807, 2.05) is 12.1 Å². The molecule has 0 atom stereocenters. The molecule has 0 saturated carbocycles. The Morgan fingerprint density at radius 1 is 1.40 bits per heavy atom. The van der Waals surface area contributed by atoms with Crippen LogP contribution in [0.15, 0.2) is 41.1 Å². The lowest BCUT2D eigenvalue weighted by Crippen LogP contribution is -2.21. The first-order chi connectivity index (χ1) is 9.69. The maximum atomic E-state index is 12.4. The number of aromatic nitrogens is 2. The number of ether oxygens (including phenoxy) is 1. The van der Waals surface area contributed by atoms with Crippen molar-refractivity contribution in [2.24, 2.45) is 0 Å². The quantitative estimate of drug-likeness (QED) is 0.672. The summed E-state index contributed by atoms with van der Waals surface area (Å²) >= 11 is 5.80. The Morgan fingerprint density at radius 3 is 2.95 bits per heavy atom. The van der Waals surface area contributed by atoms with Gasteiger partial charge in [0.25, 0.3) is 0 Å². The summed E-state index contributed by atoms with van der Waals surface area (Å²) in [5.41, 5.74) is 1.80. The zero-order valence-electron chi connectivity index (χ0n) is 10.7. The van der Waals surface area contributed by atoms with Crippen molar-refractivity contribution in [1.29, 1.82) is 0 Å². The smallest absolute Gasteiger partial charge is 0.211 e. The average molecular weight is 290 g/mol. The number of H-pyrrole nitrogens is 1. The van der Waals surface area contributed by atoms with Crippen molar-refractivity contribution >= 4 is 28.3 Å². The summed E-state index contributed by atoms with van der Waals surface area (Å²) in [6.45, 7) is 0.401. The second-order valence-corrected chi connectivity index (χ2v) is 4.78. The number of nitrogens with zero attached hydrogens (tertiary/aromatic N) is 1. The molecule has 2 N–H and O–H groups in total. The van der Waals surface area contributed by atoms with E-state index in [9.17, 15) is 4.79 Å². The lowest BCUT2D eigenvalue weighted by atomic mass is 10.0. The molecule has 0 bridgehead atoms. The lowest BCUT2D eigenvalue weighted by molar-refractivity contribution is 0.102. The standard InChI is InChI=1S/C14H12ClN3O2/c1-20-9-3-4-10-11(6-9)17-18-13(10)14(19)8-2-5-12(15)16-7-8/h2-6,16H,7H2,1H3,(H,17,18). The highest BCUT2D eigenvalue weighted by Gasteiger charge is 2.19. The fraction of sp³-hybridized carbons (Fsp3) is 0.143. The molecule has 0 fully saturated rings. The molecule has 5 nitrogen and oxygen atoms in total. The molecule has 0 saturated heterocycles. The van der Waals surface area contributed by atoms with Crippen LogP contribution in [0.25, 0.3) is 10.9 Å². The number of nitrogens with one attached hydrogen (secondary N) is 2. The zero-order valence-corrected chi connectivity index (χ0v) is 11.5. The highest BCUT2D eigenvalue weighted by molar-refractivity contribution is 6.29. The number of methoxy groups -OCH3 is 1. The summed E-state index contributed by atoms with van der Waals surface area (Å²) in [6, 6.07) is 5.44. The van der Waals surface area contributed by atoms with Crippen molar-refractivity contribution in [2.45, 2.75) is 0 Å². The largest absolute Gasteiger partial charge is 0.497 e. The first-order valence-electron chi connectivity index (χ1n) is 6.06. The van der Waals surface area contributed by atoms with Crippen molar-refractivity contribution in [3.8, 4) is 5.75 Å². The van der Waals surface area contributed by atoms with Gasteiger partial charge < -0.3 is 10.1 Å². The van der Waals surface area contributed by atoms with Crippen LogP contribution in [0.2, 0.25) is 0 Å². The van der Waals surface area contributed by atoms with Crippen molar-refractivity contribution in [3.63, 3.8) is 0 Å². The van der Waals surface area contributed by atoms with Gasteiger partial charge in [-0.25, -0.2) is 0 Å². The van der Waals surface area contributed by atoms with Gasteiger partial charge in [0.15, 0.2) is 0 Å². The van der Waals surface area contributed by atoms with Gasteiger partial charge in [-0.1, -0.05) is 17.7 Å². The molecule has 0 radical (unpaired) electrons. The Labute approximate surface area is 120 Å². The van der Waals surface area contributed by atoms with Crippen LogP contribution in [-0.2, 0) is 0 Å². The van der Waals surface area contributed by atoms with Crippen LogP contribution in [0.1, 0.15) is 10.5 Å². The Hall–Kier alpha value is -2.27. The second kappa shape index (κ2) is 5.02. The summed E-state index contributed by atoms with van der Waals surface area (Å²) < 4.78 is 5.14. The Kier molecular flexibility index (Phi) is 3.20. The minimum absolute atomic E-state index is 0.116.